The molecule has 1 aliphatic heterocycles. The Kier molecular flexibility index (Phi) is 6.16. The van der Waals surface area contributed by atoms with Crippen molar-refractivity contribution in [3.05, 3.63) is 11.6 Å². The minimum absolute atomic E-state index is 0.0823. The minimum Gasteiger partial charge on any atom is -0.351 e. The second-order valence-corrected chi connectivity index (χ2v) is 4.45. The zero-order chi connectivity index (χ0) is 11.8. The normalized spacial score (nSPS) is 18.5. The van der Waals surface area contributed by atoms with Crippen molar-refractivity contribution in [3.8, 4) is 0 Å². The summed E-state index contributed by atoms with van der Waals surface area (Å²) in [5, 5.41) is 2.97. The molecule has 0 bridgehead atoms. The molecule has 0 aromatic rings. The van der Waals surface area contributed by atoms with Crippen molar-refractivity contribution in [1.29, 1.82) is 0 Å². The fourth-order valence-corrected chi connectivity index (χ4v) is 2.05. The standard InChI is InChI=1S/C13H24N2O/c1-3-7-12(2)13(16)14-8-11-15-9-5-4-6-10-15/h7H,3-6,8-11H2,1-2H3,(H,14,16). The van der Waals surface area contributed by atoms with Crippen LogP contribution in [0.25, 0.3) is 0 Å². The van der Waals surface area contributed by atoms with E-state index in [2.05, 4.69) is 10.2 Å². The number of likely N-dealkylation sites (tertiary alicyclic amines) is 1. The number of carbonyl (C=O) groups is 1. The Morgan fingerprint density at radius 3 is 2.62 bits per heavy atom. The number of allylic oxidation sites excluding steroid dienone is 1. The first-order valence-electron chi connectivity index (χ1n) is 6.41. The maximum absolute atomic E-state index is 11.6. The molecule has 0 aromatic heterocycles. The summed E-state index contributed by atoms with van der Waals surface area (Å²) in [4.78, 5) is 14.0. The Hall–Kier alpha value is -0.830. The molecule has 0 atom stereocenters. The van der Waals surface area contributed by atoms with Gasteiger partial charge in [-0.1, -0.05) is 19.4 Å². The van der Waals surface area contributed by atoms with E-state index in [1.54, 1.807) is 0 Å². The van der Waals surface area contributed by atoms with Crippen molar-refractivity contribution < 1.29 is 4.79 Å². The van der Waals surface area contributed by atoms with Crippen LogP contribution in [0, 0.1) is 0 Å². The fourth-order valence-electron chi connectivity index (χ4n) is 2.05. The molecule has 16 heavy (non-hydrogen) atoms. The molecular weight excluding hydrogens is 200 g/mol. The smallest absolute Gasteiger partial charge is 0.246 e. The summed E-state index contributed by atoms with van der Waals surface area (Å²) in [7, 11) is 0. The van der Waals surface area contributed by atoms with Crippen molar-refractivity contribution in [1.82, 2.24) is 10.2 Å². The highest BCUT2D eigenvalue weighted by atomic mass is 16.1. The average Bonchev–Trinajstić information content (AvgIpc) is 2.30. The molecule has 1 amide bonds. The third-order valence-electron chi connectivity index (χ3n) is 3.03. The quantitative estimate of drug-likeness (QED) is 0.724. The molecule has 0 unspecified atom stereocenters. The molecule has 1 N–H and O–H groups in total. The van der Waals surface area contributed by atoms with Gasteiger partial charge in [-0.2, -0.15) is 0 Å². The summed E-state index contributed by atoms with van der Waals surface area (Å²) in [5.74, 6) is 0.0823. The average molecular weight is 224 g/mol. The Bertz CT molecular complexity index is 242. The third kappa shape index (κ3) is 4.79. The monoisotopic (exact) mass is 224 g/mol. The topological polar surface area (TPSA) is 32.3 Å². The number of amides is 1. The Morgan fingerprint density at radius 1 is 1.31 bits per heavy atom. The van der Waals surface area contributed by atoms with Gasteiger partial charge in [-0.25, -0.2) is 0 Å². The van der Waals surface area contributed by atoms with E-state index in [1.807, 2.05) is 19.9 Å². The van der Waals surface area contributed by atoms with Gasteiger partial charge in [0.05, 0.1) is 0 Å². The molecule has 0 radical (unpaired) electrons. The highest BCUT2D eigenvalue weighted by Gasteiger charge is 2.10. The van der Waals surface area contributed by atoms with Gasteiger partial charge in [0.1, 0.15) is 0 Å². The van der Waals surface area contributed by atoms with Crippen LogP contribution in [0.3, 0.4) is 0 Å². The first kappa shape index (κ1) is 13.2. The van der Waals surface area contributed by atoms with Crippen LogP contribution in [0.1, 0.15) is 39.5 Å². The number of hydrogen-bond acceptors (Lipinski definition) is 2. The molecule has 3 heteroatoms. The predicted octanol–water partition coefficient (Wildman–Crippen LogP) is 1.94. The van der Waals surface area contributed by atoms with Crippen LogP contribution in [0.5, 0.6) is 0 Å². The van der Waals surface area contributed by atoms with E-state index in [1.165, 1.54) is 32.4 Å². The molecule has 3 nitrogen and oxygen atoms in total. The van der Waals surface area contributed by atoms with Crippen LogP contribution in [0.15, 0.2) is 11.6 Å². The van der Waals surface area contributed by atoms with Crippen molar-refractivity contribution in [2.75, 3.05) is 26.2 Å². The number of rotatable bonds is 5. The molecule has 1 aliphatic rings. The van der Waals surface area contributed by atoms with Crippen molar-refractivity contribution in [2.45, 2.75) is 39.5 Å². The van der Waals surface area contributed by atoms with Gasteiger partial charge in [-0.05, 0) is 39.3 Å². The number of nitrogens with zero attached hydrogens (tertiary/aromatic N) is 1. The molecule has 0 aliphatic carbocycles. The van der Waals surface area contributed by atoms with Gasteiger partial charge in [0.25, 0.3) is 0 Å². The highest BCUT2D eigenvalue weighted by Crippen LogP contribution is 2.07. The summed E-state index contributed by atoms with van der Waals surface area (Å²) in [6, 6.07) is 0. The lowest BCUT2D eigenvalue weighted by molar-refractivity contribution is -0.117. The van der Waals surface area contributed by atoms with Crippen LogP contribution < -0.4 is 5.32 Å². The molecule has 0 aromatic carbocycles. The summed E-state index contributed by atoms with van der Waals surface area (Å²) in [5.41, 5.74) is 0.834. The van der Waals surface area contributed by atoms with Crippen LogP contribution in [0.2, 0.25) is 0 Å². The maximum atomic E-state index is 11.6. The number of piperidine rings is 1. The first-order chi connectivity index (χ1) is 7.74. The van der Waals surface area contributed by atoms with Crippen molar-refractivity contribution in [3.63, 3.8) is 0 Å². The Morgan fingerprint density at radius 2 is 2.00 bits per heavy atom. The summed E-state index contributed by atoms with van der Waals surface area (Å²) in [6.07, 6.45) is 6.87. The first-order valence-corrected chi connectivity index (χ1v) is 6.41. The lowest BCUT2D eigenvalue weighted by Crippen LogP contribution is -2.37. The number of carbonyl (C=O) groups excluding carboxylic acids is 1. The van der Waals surface area contributed by atoms with Gasteiger partial charge in [-0.3, -0.25) is 4.79 Å². The molecule has 1 saturated heterocycles. The van der Waals surface area contributed by atoms with Gasteiger partial charge in [-0.15, -0.1) is 0 Å². The predicted molar refractivity (Wildman–Crippen MR) is 67.3 cm³/mol. The molecule has 1 heterocycles. The highest BCUT2D eigenvalue weighted by molar-refractivity contribution is 5.92. The van der Waals surface area contributed by atoms with Crippen LogP contribution in [0.4, 0.5) is 0 Å². The third-order valence-corrected chi connectivity index (χ3v) is 3.03. The Balaban J connectivity index is 2.14. The fraction of sp³-hybridized carbons (Fsp3) is 0.769. The molecule has 1 fully saturated rings. The van der Waals surface area contributed by atoms with E-state index in [0.717, 1.165) is 25.1 Å². The van der Waals surface area contributed by atoms with E-state index < -0.39 is 0 Å². The van der Waals surface area contributed by atoms with Crippen molar-refractivity contribution in [2.24, 2.45) is 0 Å². The molecule has 0 saturated carbocycles. The zero-order valence-electron chi connectivity index (χ0n) is 10.6. The molecule has 92 valence electrons. The number of hydrogen-bond donors (Lipinski definition) is 1. The van der Waals surface area contributed by atoms with E-state index in [9.17, 15) is 4.79 Å². The van der Waals surface area contributed by atoms with E-state index in [0.29, 0.717) is 0 Å². The number of nitrogens with one attached hydrogen (secondary N) is 1. The SMILES string of the molecule is CCC=C(C)C(=O)NCCN1CCCCC1. The minimum atomic E-state index is 0.0823. The Labute approximate surface area is 98.9 Å². The zero-order valence-corrected chi connectivity index (χ0v) is 10.6. The van der Waals surface area contributed by atoms with E-state index in [-0.39, 0.29) is 5.91 Å². The largest absolute Gasteiger partial charge is 0.351 e. The molecule has 0 spiro atoms. The molecule has 1 rings (SSSR count). The van der Waals surface area contributed by atoms with Crippen LogP contribution >= 0.6 is 0 Å². The van der Waals surface area contributed by atoms with E-state index in [4.69, 9.17) is 0 Å². The summed E-state index contributed by atoms with van der Waals surface area (Å²) in [6.45, 7) is 8.07. The van der Waals surface area contributed by atoms with Crippen molar-refractivity contribution >= 4 is 5.91 Å². The van der Waals surface area contributed by atoms with Crippen LogP contribution in [-0.4, -0.2) is 37.0 Å². The van der Waals surface area contributed by atoms with Gasteiger partial charge < -0.3 is 10.2 Å². The van der Waals surface area contributed by atoms with Gasteiger partial charge in [0, 0.05) is 18.7 Å². The summed E-state index contributed by atoms with van der Waals surface area (Å²) >= 11 is 0. The summed E-state index contributed by atoms with van der Waals surface area (Å²) < 4.78 is 0. The van der Waals surface area contributed by atoms with Gasteiger partial charge >= 0.3 is 0 Å². The molecular formula is C13H24N2O. The van der Waals surface area contributed by atoms with Gasteiger partial charge in [0.2, 0.25) is 5.91 Å². The maximum Gasteiger partial charge on any atom is 0.246 e. The van der Waals surface area contributed by atoms with Gasteiger partial charge in [0.15, 0.2) is 0 Å². The lowest BCUT2D eigenvalue weighted by atomic mass is 10.1. The lowest BCUT2D eigenvalue weighted by Gasteiger charge is -2.26. The second-order valence-electron chi connectivity index (χ2n) is 4.45. The van der Waals surface area contributed by atoms with E-state index >= 15 is 0 Å². The van der Waals surface area contributed by atoms with Crippen LogP contribution in [-0.2, 0) is 4.79 Å². The second kappa shape index (κ2) is 7.44.